The summed E-state index contributed by atoms with van der Waals surface area (Å²) in [5.41, 5.74) is 0.851. The Morgan fingerprint density at radius 1 is 1.19 bits per heavy atom. The zero-order chi connectivity index (χ0) is 15.2. The van der Waals surface area contributed by atoms with Crippen LogP contribution in [0.2, 0.25) is 0 Å². The molecule has 0 heterocycles. The molecule has 1 aliphatic rings. The SMILES string of the molecule is COC(OC)C1CCC(CCc2ccc(I)cc2F)CC1. The van der Waals surface area contributed by atoms with Crippen molar-refractivity contribution in [1.82, 2.24) is 0 Å². The number of aryl methyl sites for hydroxylation is 1. The van der Waals surface area contributed by atoms with Crippen molar-refractivity contribution in [3.8, 4) is 0 Å². The van der Waals surface area contributed by atoms with Gasteiger partial charge in [0.2, 0.25) is 0 Å². The second-order valence-electron chi connectivity index (χ2n) is 5.90. The van der Waals surface area contributed by atoms with Crippen LogP contribution in [-0.4, -0.2) is 20.5 Å². The van der Waals surface area contributed by atoms with Crippen molar-refractivity contribution < 1.29 is 13.9 Å². The first-order chi connectivity index (χ1) is 10.1. The molecule has 1 aromatic rings. The van der Waals surface area contributed by atoms with Crippen molar-refractivity contribution in [1.29, 1.82) is 0 Å². The lowest BCUT2D eigenvalue weighted by Crippen LogP contribution is -2.29. The minimum atomic E-state index is -0.0698. The molecule has 2 nitrogen and oxygen atoms in total. The van der Waals surface area contributed by atoms with Crippen LogP contribution in [0.5, 0.6) is 0 Å². The molecule has 0 N–H and O–H groups in total. The molecule has 118 valence electrons. The third kappa shape index (κ3) is 4.89. The van der Waals surface area contributed by atoms with Gasteiger partial charge in [0.15, 0.2) is 6.29 Å². The Labute approximate surface area is 140 Å². The molecule has 0 atom stereocenters. The van der Waals surface area contributed by atoms with Crippen LogP contribution in [0, 0.1) is 21.2 Å². The van der Waals surface area contributed by atoms with E-state index in [2.05, 4.69) is 22.6 Å². The van der Waals surface area contributed by atoms with E-state index in [0.717, 1.165) is 34.8 Å². The number of rotatable bonds is 6. The van der Waals surface area contributed by atoms with E-state index in [1.165, 1.54) is 12.8 Å². The van der Waals surface area contributed by atoms with Crippen molar-refractivity contribution in [2.75, 3.05) is 14.2 Å². The monoisotopic (exact) mass is 406 g/mol. The third-order valence-electron chi connectivity index (χ3n) is 4.58. The van der Waals surface area contributed by atoms with Crippen molar-refractivity contribution in [2.45, 2.75) is 44.8 Å². The van der Waals surface area contributed by atoms with E-state index in [-0.39, 0.29) is 12.1 Å². The van der Waals surface area contributed by atoms with Crippen LogP contribution >= 0.6 is 22.6 Å². The van der Waals surface area contributed by atoms with E-state index in [1.807, 2.05) is 12.1 Å². The molecule has 2 rings (SSSR count). The van der Waals surface area contributed by atoms with E-state index in [0.29, 0.717) is 11.8 Å². The second-order valence-corrected chi connectivity index (χ2v) is 7.14. The summed E-state index contributed by atoms with van der Waals surface area (Å²) in [6.07, 6.45) is 6.53. The zero-order valence-electron chi connectivity index (χ0n) is 12.8. The van der Waals surface area contributed by atoms with E-state index in [9.17, 15) is 4.39 Å². The molecule has 1 aliphatic carbocycles. The summed E-state index contributed by atoms with van der Waals surface area (Å²) in [6.45, 7) is 0. The Kier molecular flexibility index (Phi) is 6.89. The molecule has 4 heteroatoms. The Morgan fingerprint density at radius 3 is 2.43 bits per heavy atom. The van der Waals surface area contributed by atoms with Gasteiger partial charge in [-0.25, -0.2) is 4.39 Å². The van der Waals surface area contributed by atoms with Crippen LogP contribution < -0.4 is 0 Å². The minimum absolute atomic E-state index is 0.0607. The third-order valence-corrected chi connectivity index (χ3v) is 5.25. The fourth-order valence-electron chi connectivity index (χ4n) is 3.31. The van der Waals surface area contributed by atoms with Crippen molar-refractivity contribution in [3.05, 3.63) is 33.1 Å². The Balaban J connectivity index is 1.78. The highest BCUT2D eigenvalue weighted by atomic mass is 127. The predicted octanol–water partition coefficient (Wildman–Crippen LogP) is 4.79. The quantitative estimate of drug-likeness (QED) is 0.500. The molecule has 0 aromatic heterocycles. The predicted molar refractivity (Wildman–Crippen MR) is 90.7 cm³/mol. The number of halogens is 2. The van der Waals surface area contributed by atoms with E-state index < -0.39 is 0 Å². The molecule has 0 unspecified atom stereocenters. The Hall–Kier alpha value is -0.200. The summed E-state index contributed by atoms with van der Waals surface area (Å²) in [4.78, 5) is 0. The molecule has 1 saturated carbocycles. The Bertz CT molecular complexity index is 440. The molecule has 1 fully saturated rings. The zero-order valence-corrected chi connectivity index (χ0v) is 14.9. The lowest BCUT2D eigenvalue weighted by molar-refractivity contribution is -0.145. The minimum Gasteiger partial charge on any atom is -0.356 e. The first-order valence-electron chi connectivity index (χ1n) is 7.63. The van der Waals surface area contributed by atoms with Gasteiger partial charge in [-0.1, -0.05) is 6.07 Å². The highest BCUT2D eigenvalue weighted by Crippen LogP contribution is 2.34. The van der Waals surface area contributed by atoms with Gasteiger partial charge in [0.05, 0.1) is 0 Å². The summed E-state index contributed by atoms with van der Waals surface area (Å²) in [5.74, 6) is 1.15. The van der Waals surface area contributed by atoms with Crippen LogP contribution in [0.4, 0.5) is 4.39 Å². The normalized spacial score (nSPS) is 22.7. The summed E-state index contributed by atoms with van der Waals surface area (Å²) >= 11 is 2.15. The van der Waals surface area contributed by atoms with Crippen molar-refractivity contribution in [2.24, 2.45) is 11.8 Å². The van der Waals surface area contributed by atoms with Crippen LogP contribution in [0.1, 0.15) is 37.7 Å². The van der Waals surface area contributed by atoms with Crippen molar-refractivity contribution >= 4 is 22.6 Å². The molecule has 0 amide bonds. The lowest BCUT2D eigenvalue weighted by Gasteiger charge is -2.32. The van der Waals surface area contributed by atoms with Gasteiger partial charge in [-0.2, -0.15) is 0 Å². The maximum absolute atomic E-state index is 13.8. The Morgan fingerprint density at radius 2 is 1.86 bits per heavy atom. The summed E-state index contributed by atoms with van der Waals surface area (Å²) in [7, 11) is 3.42. The van der Waals surface area contributed by atoms with E-state index >= 15 is 0 Å². The van der Waals surface area contributed by atoms with Gasteiger partial charge in [0, 0.05) is 23.7 Å². The van der Waals surface area contributed by atoms with Crippen LogP contribution in [-0.2, 0) is 15.9 Å². The molecule has 1 aromatic carbocycles. The largest absolute Gasteiger partial charge is 0.356 e. The topological polar surface area (TPSA) is 18.5 Å². The van der Waals surface area contributed by atoms with Gasteiger partial charge in [-0.3, -0.25) is 0 Å². The standard InChI is InChI=1S/C17H24FIO2/c1-20-17(21-2)14-7-4-12(5-8-14)3-6-13-9-10-15(19)11-16(13)18/h9-12,14,17H,3-8H2,1-2H3. The van der Waals surface area contributed by atoms with Gasteiger partial charge in [-0.15, -0.1) is 0 Å². The number of methoxy groups -OCH3 is 2. The molecule has 0 bridgehead atoms. The first kappa shape index (κ1) is 17.2. The van der Waals surface area contributed by atoms with Crippen LogP contribution in [0.3, 0.4) is 0 Å². The number of hydrogen-bond donors (Lipinski definition) is 0. The maximum atomic E-state index is 13.8. The average molecular weight is 406 g/mol. The van der Waals surface area contributed by atoms with E-state index in [4.69, 9.17) is 9.47 Å². The number of benzene rings is 1. The smallest absolute Gasteiger partial charge is 0.159 e. The van der Waals surface area contributed by atoms with Gasteiger partial charge in [0.25, 0.3) is 0 Å². The van der Waals surface area contributed by atoms with Gasteiger partial charge in [0.1, 0.15) is 5.82 Å². The van der Waals surface area contributed by atoms with Crippen LogP contribution in [0.25, 0.3) is 0 Å². The summed E-state index contributed by atoms with van der Waals surface area (Å²) in [5, 5.41) is 0. The molecular weight excluding hydrogens is 382 g/mol. The maximum Gasteiger partial charge on any atom is 0.159 e. The summed E-state index contributed by atoms with van der Waals surface area (Å²) < 4.78 is 25.5. The fourth-order valence-corrected chi connectivity index (χ4v) is 3.77. The second kappa shape index (κ2) is 8.44. The highest BCUT2D eigenvalue weighted by Gasteiger charge is 2.27. The van der Waals surface area contributed by atoms with Gasteiger partial charge in [-0.05, 0) is 84.7 Å². The molecule has 0 saturated heterocycles. The first-order valence-corrected chi connectivity index (χ1v) is 8.71. The van der Waals surface area contributed by atoms with Crippen LogP contribution in [0.15, 0.2) is 18.2 Å². The van der Waals surface area contributed by atoms with Gasteiger partial charge < -0.3 is 9.47 Å². The fraction of sp³-hybridized carbons (Fsp3) is 0.647. The van der Waals surface area contributed by atoms with E-state index in [1.54, 1.807) is 20.3 Å². The molecule has 0 spiro atoms. The lowest BCUT2D eigenvalue weighted by atomic mass is 9.79. The van der Waals surface area contributed by atoms with Gasteiger partial charge >= 0.3 is 0 Å². The molecule has 0 aliphatic heterocycles. The number of hydrogen-bond acceptors (Lipinski definition) is 2. The molecule has 21 heavy (non-hydrogen) atoms. The van der Waals surface area contributed by atoms with Crippen molar-refractivity contribution in [3.63, 3.8) is 0 Å². The number of ether oxygens (including phenoxy) is 2. The average Bonchev–Trinajstić information content (AvgIpc) is 2.49. The summed E-state index contributed by atoms with van der Waals surface area (Å²) in [6, 6.07) is 5.53. The molecule has 0 radical (unpaired) electrons. The highest BCUT2D eigenvalue weighted by molar-refractivity contribution is 14.1. The molecular formula is C17H24FIO2.